The highest BCUT2D eigenvalue weighted by atomic mass is 79.9. The summed E-state index contributed by atoms with van der Waals surface area (Å²) in [6, 6.07) is 5.37. The topological polar surface area (TPSA) is 85.4 Å². The average Bonchev–Trinajstić information content (AvgIpc) is 2.80. The minimum Gasteiger partial charge on any atom is -0.491 e. The SMILES string of the molecule is COCc1nc(C)cc(C(=O)Nc2cc(Br)cc3c2NCCCO3)n1. The van der Waals surface area contributed by atoms with Crippen molar-refractivity contribution in [2.45, 2.75) is 20.0 Å². The maximum atomic E-state index is 12.7. The summed E-state index contributed by atoms with van der Waals surface area (Å²) in [5.74, 6) is 0.873. The fraction of sp³-hybridized carbons (Fsp3) is 0.353. The third-order valence-corrected chi connectivity index (χ3v) is 4.06. The van der Waals surface area contributed by atoms with E-state index in [2.05, 4.69) is 36.5 Å². The lowest BCUT2D eigenvalue weighted by atomic mass is 10.2. The lowest BCUT2D eigenvalue weighted by Crippen LogP contribution is -2.17. The number of halogens is 1. The number of methoxy groups -OCH3 is 1. The van der Waals surface area contributed by atoms with Gasteiger partial charge in [0.15, 0.2) is 5.82 Å². The van der Waals surface area contributed by atoms with E-state index in [1.165, 1.54) is 0 Å². The van der Waals surface area contributed by atoms with Gasteiger partial charge in [-0.05, 0) is 31.5 Å². The molecule has 7 nitrogen and oxygen atoms in total. The molecule has 0 aliphatic carbocycles. The lowest BCUT2D eigenvalue weighted by molar-refractivity contribution is 0.102. The Morgan fingerprint density at radius 1 is 1.40 bits per heavy atom. The molecule has 132 valence electrons. The Labute approximate surface area is 154 Å². The van der Waals surface area contributed by atoms with E-state index in [1.807, 2.05) is 19.1 Å². The first-order chi connectivity index (χ1) is 12.1. The number of carbonyl (C=O) groups excluding carboxylic acids is 1. The molecule has 0 bridgehead atoms. The summed E-state index contributed by atoms with van der Waals surface area (Å²) in [4.78, 5) is 21.2. The highest BCUT2D eigenvalue weighted by Crippen LogP contribution is 2.37. The summed E-state index contributed by atoms with van der Waals surface area (Å²) in [5, 5.41) is 6.22. The number of aromatic nitrogens is 2. The molecule has 1 aliphatic heterocycles. The van der Waals surface area contributed by atoms with Crippen LogP contribution in [-0.2, 0) is 11.3 Å². The Kier molecular flexibility index (Phi) is 5.50. The third-order valence-electron chi connectivity index (χ3n) is 3.60. The minimum absolute atomic E-state index is 0.254. The van der Waals surface area contributed by atoms with Crippen LogP contribution in [0.3, 0.4) is 0 Å². The molecule has 3 rings (SSSR count). The second kappa shape index (κ2) is 7.79. The number of aryl methyl sites for hydroxylation is 1. The Bertz CT molecular complexity index is 798. The van der Waals surface area contributed by atoms with Crippen LogP contribution in [0.4, 0.5) is 11.4 Å². The minimum atomic E-state index is -0.311. The molecule has 1 aromatic carbocycles. The molecule has 0 unspecified atom stereocenters. The van der Waals surface area contributed by atoms with Crippen molar-refractivity contribution in [3.63, 3.8) is 0 Å². The van der Waals surface area contributed by atoms with Gasteiger partial charge in [0.05, 0.1) is 12.3 Å². The highest BCUT2D eigenvalue weighted by Gasteiger charge is 2.18. The van der Waals surface area contributed by atoms with Gasteiger partial charge in [-0.15, -0.1) is 0 Å². The van der Waals surface area contributed by atoms with Crippen LogP contribution in [-0.4, -0.2) is 36.1 Å². The molecule has 0 spiro atoms. The first kappa shape index (κ1) is 17.6. The van der Waals surface area contributed by atoms with Gasteiger partial charge < -0.3 is 20.1 Å². The van der Waals surface area contributed by atoms with E-state index in [1.54, 1.807) is 13.2 Å². The van der Waals surface area contributed by atoms with E-state index < -0.39 is 0 Å². The number of ether oxygens (including phenoxy) is 2. The monoisotopic (exact) mass is 406 g/mol. The van der Waals surface area contributed by atoms with Gasteiger partial charge in [-0.2, -0.15) is 0 Å². The number of amides is 1. The van der Waals surface area contributed by atoms with Crippen molar-refractivity contribution in [3.8, 4) is 5.75 Å². The molecule has 1 aromatic heterocycles. The van der Waals surface area contributed by atoms with Gasteiger partial charge in [0.2, 0.25) is 0 Å². The zero-order valence-corrected chi connectivity index (χ0v) is 15.6. The fourth-order valence-electron chi connectivity index (χ4n) is 2.57. The average molecular weight is 407 g/mol. The van der Waals surface area contributed by atoms with Gasteiger partial charge >= 0.3 is 0 Å². The summed E-state index contributed by atoms with van der Waals surface area (Å²) in [6.45, 7) is 3.49. The van der Waals surface area contributed by atoms with E-state index in [0.29, 0.717) is 35.3 Å². The number of carbonyl (C=O) groups is 1. The van der Waals surface area contributed by atoms with E-state index in [0.717, 1.165) is 23.1 Å². The summed E-state index contributed by atoms with van der Waals surface area (Å²) >= 11 is 3.46. The normalized spacial score (nSPS) is 13.2. The van der Waals surface area contributed by atoms with Crippen LogP contribution in [0.5, 0.6) is 5.75 Å². The van der Waals surface area contributed by atoms with Crippen molar-refractivity contribution in [2.24, 2.45) is 0 Å². The zero-order valence-electron chi connectivity index (χ0n) is 14.1. The zero-order chi connectivity index (χ0) is 17.8. The number of anilines is 2. The molecule has 0 saturated carbocycles. The smallest absolute Gasteiger partial charge is 0.274 e. The Morgan fingerprint density at radius 2 is 2.24 bits per heavy atom. The van der Waals surface area contributed by atoms with Crippen LogP contribution >= 0.6 is 15.9 Å². The Hall–Kier alpha value is -2.19. The van der Waals surface area contributed by atoms with E-state index in [-0.39, 0.29) is 12.5 Å². The van der Waals surface area contributed by atoms with Gasteiger partial charge in [0.25, 0.3) is 5.91 Å². The van der Waals surface area contributed by atoms with Gasteiger partial charge in [-0.3, -0.25) is 4.79 Å². The number of hydrogen-bond donors (Lipinski definition) is 2. The predicted molar refractivity (Wildman–Crippen MR) is 98.2 cm³/mol. The molecule has 2 aromatic rings. The first-order valence-electron chi connectivity index (χ1n) is 7.92. The summed E-state index contributed by atoms with van der Waals surface area (Å²) in [5.41, 5.74) is 2.42. The van der Waals surface area contributed by atoms with Crippen LogP contribution < -0.4 is 15.4 Å². The molecule has 1 amide bonds. The largest absolute Gasteiger partial charge is 0.491 e. The van der Waals surface area contributed by atoms with E-state index >= 15 is 0 Å². The second-order valence-corrected chi connectivity index (χ2v) is 6.57. The molecular weight excluding hydrogens is 388 g/mol. The van der Waals surface area contributed by atoms with E-state index in [9.17, 15) is 4.79 Å². The number of rotatable bonds is 4. The molecule has 0 fully saturated rings. The Morgan fingerprint density at radius 3 is 3.04 bits per heavy atom. The van der Waals surface area contributed by atoms with Crippen molar-refractivity contribution >= 4 is 33.2 Å². The van der Waals surface area contributed by atoms with Crippen LogP contribution in [0.25, 0.3) is 0 Å². The maximum Gasteiger partial charge on any atom is 0.274 e. The maximum absolute atomic E-state index is 12.7. The number of hydrogen-bond acceptors (Lipinski definition) is 6. The van der Waals surface area contributed by atoms with Crippen LogP contribution in [0, 0.1) is 6.92 Å². The lowest BCUT2D eigenvalue weighted by Gasteiger charge is -2.15. The van der Waals surface area contributed by atoms with Gasteiger partial charge in [0.1, 0.15) is 23.7 Å². The molecule has 2 N–H and O–H groups in total. The third kappa shape index (κ3) is 4.26. The standard InChI is InChI=1S/C17H19BrN4O3/c1-10-6-13(21-15(20-10)9-24-2)17(23)22-12-7-11(18)8-14-16(12)19-4-3-5-25-14/h6-8,19H,3-5,9H2,1-2H3,(H,22,23). The molecule has 0 radical (unpaired) electrons. The number of fused-ring (bicyclic) bond motifs is 1. The van der Waals surface area contributed by atoms with Gasteiger partial charge in [0, 0.05) is 23.8 Å². The predicted octanol–water partition coefficient (Wildman–Crippen LogP) is 3.14. The number of nitrogens with one attached hydrogen (secondary N) is 2. The van der Waals surface area contributed by atoms with E-state index in [4.69, 9.17) is 9.47 Å². The molecule has 25 heavy (non-hydrogen) atoms. The van der Waals surface area contributed by atoms with Crippen molar-refractivity contribution in [2.75, 3.05) is 30.9 Å². The van der Waals surface area contributed by atoms with Crippen LogP contribution in [0.2, 0.25) is 0 Å². The second-order valence-electron chi connectivity index (χ2n) is 5.65. The highest BCUT2D eigenvalue weighted by molar-refractivity contribution is 9.10. The van der Waals surface area contributed by atoms with Crippen LogP contribution in [0.15, 0.2) is 22.7 Å². The molecule has 1 aliphatic rings. The molecule has 0 atom stereocenters. The Balaban J connectivity index is 1.90. The van der Waals surface area contributed by atoms with Crippen molar-refractivity contribution in [1.82, 2.24) is 9.97 Å². The first-order valence-corrected chi connectivity index (χ1v) is 8.71. The molecule has 8 heteroatoms. The summed E-state index contributed by atoms with van der Waals surface area (Å²) < 4.78 is 11.6. The number of nitrogens with zero attached hydrogens (tertiary/aromatic N) is 2. The quantitative estimate of drug-likeness (QED) is 0.810. The van der Waals surface area contributed by atoms with Crippen molar-refractivity contribution in [3.05, 3.63) is 39.9 Å². The van der Waals surface area contributed by atoms with Crippen LogP contribution in [0.1, 0.15) is 28.4 Å². The van der Waals surface area contributed by atoms with Gasteiger partial charge in [-0.1, -0.05) is 15.9 Å². The van der Waals surface area contributed by atoms with Crippen molar-refractivity contribution in [1.29, 1.82) is 0 Å². The number of benzene rings is 1. The summed E-state index contributed by atoms with van der Waals surface area (Å²) in [7, 11) is 1.56. The summed E-state index contributed by atoms with van der Waals surface area (Å²) in [6.07, 6.45) is 0.894. The molecular formula is C17H19BrN4O3. The molecule has 0 saturated heterocycles. The fourth-order valence-corrected chi connectivity index (χ4v) is 3.01. The van der Waals surface area contributed by atoms with Gasteiger partial charge in [-0.25, -0.2) is 9.97 Å². The molecule has 2 heterocycles. The van der Waals surface area contributed by atoms with Crippen molar-refractivity contribution < 1.29 is 14.3 Å².